The molecule has 0 N–H and O–H groups in total. The molecular formula is C12H8BrCl2NS. The monoisotopic (exact) mass is 347 g/mol. The van der Waals surface area contributed by atoms with Crippen LogP contribution in [-0.2, 0) is 0 Å². The first-order valence-corrected chi connectivity index (χ1v) is 7.18. The Hall–Kier alpha value is -0.220. The van der Waals surface area contributed by atoms with E-state index in [-0.39, 0.29) is 0 Å². The Kier molecular flexibility index (Phi) is 4.36. The lowest BCUT2D eigenvalue weighted by Gasteiger charge is -2.06. The van der Waals surface area contributed by atoms with Gasteiger partial charge < -0.3 is 0 Å². The maximum absolute atomic E-state index is 5.97. The molecule has 0 radical (unpaired) electrons. The third kappa shape index (κ3) is 3.16. The van der Waals surface area contributed by atoms with Crippen LogP contribution in [-0.4, -0.2) is 4.98 Å². The van der Waals surface area contributed by atoms with Gasteiger partial charge in [-0.1, -0.05) is 35.0 Å². The van der Waals surface area contributed by atoms with Crippen LogP contribution in [0.3, 0.4) is 0 Å². The highest BCUT2D eigenvalue weighted by Crippen LogP contribution is 2.35. The van der Waals surface area contributed by atoms with E-state index in [0.29, 0.717) is 10.0 Å². The topological polar surface area (TPSA) is 12.9 Å². The minimum absolute atomic E-state index is 0.556. The molecule has 0 bridgehead atoms. The first-order valence-electron chi connectivity index (χ1n) is 4.82. The van der Waals surface area contributed by atoms with Crippen molar-refractivity contribution >= 4 is 50.9 Å². The molecule has 1 aromatic carbocycles. The molecule has 1 nitrogen and oxygen atoms in total. The van der Waals surface area contributed by atoms with E-state index >= 15 is 0 Å². The summed E-state index contributed by atoms with van der Waals surface area (Å²) in [5.41, 5.74) is 1.16. The lowest BCUT2D eigenvalue weighted by Crippen LogP contribution is -1.85. The Bertz CT molecular complexity index is 560. The first kappa shape index (κ1) is 13.2. The van der Waals surface area contributed by atoms with Crippen LogP contribution in [0.25, 0.3) is 0 Å². The fourth-order valence-electron chi connectivity index (χ4n) is 1.24. The Labute approximate surface area is 123 Å². The molecule has 5 heteroatoms. The number of hydrogen-bond acceptors (Lipinski definition) is 2. The van der Waals surface area contributed by atoms with Crippen LogP contribution in [0.4, 0.5) is 0 Å². The molecule has 1 heterocycles. The fourth-order valence-corrected chi connectivity index (χ4v) is 2.98. The molecule has 17 heavy (non-hydrogen) atoms. The zero-order chi connectivity index (χ0) is 12.4. The first-order chi connectivity index (χ1) is 8.08. The van der Waals surface area contributed by atoms with Crippen molar-refractivity contribution < 1.29 is 0 Å². The fraction of sp³-hybridized carbons (Fsp3) is 0.0833. The normalized spacial score (nSPS) is 10.6. The molecule has 0 saturated carbocycles. The summed E-state index contributed by atoms with van der Waals surface area (Å²) < 4.78 is 1.01. The number of rotatable bonds is 2. The molecule has 0 amide bonds. The lowest BCUT2D eigenvalue weighted by molar-refractivity contribution is 1.08. The molecule has 1 aromatic heterocycles. The van der Waals surface area contributed by atoms with Crippen LogP contribution in [0.1, 0.15) is 5.56 Å². The zero-order valence-corrected chi connectivity index (χ0v) is 12.8. The standard InChI is InChI=1S/C12H8BrCl2NS/c1-7-4-5-16-12(11(7)13)17-8-2-3-9(14)10(15)6-8/h2-6H,1H3. The smallest absolute Gasteiger partial charge is 0.115 e. The van der Waals surface area contributed by atoms with Crippen molar-refractivity contribution in [3.8, 4) is 0 Å². The number of aromatic nitrogens is 1. The number of halogens is 3. The number of aryl methyl sites for hydroxylation is 1. The van der Waals surface area contributed by atoms with Gasteiger partial charge in [-0.05, 0) is 52.7 Å². The van der Waals surface area contributed by atoms with E-state index < -0.39 is 0 Å². The van der Waals surface area contributed by atoms with Gasteiger partial charge in [-0.25, -0.2) is 4.98 Å². The van der Waals surface area contributed by atoms with Crippen molar-refractivity contribution in [2.45, 2.75) is 16.8 Å². The van der Waals surface area contributed by atoms with Crippen LogP contribution in [0, 0.1) is 6.92 Å². The van der Waals surface area contributed by atoms with Crippen molar-refractivity contribution in [1.29, 1.82) is 0 Å². The molecule has 0 fully saturated rings. The van der Waals surface area contributed by atoms with Gasteiger partial charge in [0.1, 0.15) is 5.03 Å². The van der Waals surface area contributed by atoms with Gasteiger partial charge in [0, 0.05) is 11.1 Å². The SMILES string of the molecule is Cc1ccnc(Sc2ccc(Cl)c(Cl)c2)c1Br. The minimum atomic E-state index is 0.556. The van der Waals surface area contributed by atoms with Gasteiger partial charge in [0.2, 0.25) is 0 Å². The van der Waals surface area contributed by atoms with E-state index in [9.17, 15) is 0 Å². The van der Waals surface area contributed by atoms with Crippen molar-refractivity contribution in [2.75, 3.05) is 0 Å². The van der Waals surface area contributed by atoms with E-state index in [2.05, 4.69) is 20.9 Å². The van der Waals surface area contributed by atoms with Gasteiger partial charge in [-0.15, -0.1) is 0 Å². The van der Waals surface area contributed by atoms with E-state index in [0.717, 1.165) is 20.0 Å². The Balaban J connectivity index is 2.31. The van der Waals surface area contributed by atoms with Gasteiger partial charge in [-0.3, -0.25) is 0 Å². The summed E-state index contributed by atoms with van der Waals surface area (Å²) in [5, 5.41) is 2.04. The highest BCUT2D eigenvalue weighted by Gasteiger charge is 2.07. The second-order valence-electron chi connectivity index (χ2n) is 3.42. The molecule has 0 spiro atoms. The Morgan fingerprint density at radius 3 is 2.65 bits per heavy atom. The molecule has 0 unspecified atom stereocenters. The quantitative estimate of drug-likeness (QED) is 0.699. The summed E-state index contributed by atoms with van der Waals surface area (Å²) in [5.74, 6) is 0. The molecule has 2 rings (SSSR count). The average molecular weight is 349 g/mol. The number of pyridine rings is 1. The summed E-state index contributed by atoms with van der Waals surface area (Å²) >= 11 is 16.9. The third-order valence-corrected chi connectivity index (χ3v) is 5.15. The van der Waals surface area contributed by atoms with Crippen molar-refractivity contribution in [1.82, 2.24) is 4.98 Å². The van der Waals surface area contributed by atoms with Gasteiger partial charge in [0.15, 0.2) is 0 Å². The number of hydrogen-bond donors (Lipinski definition) is 0. The van der Waals surface area contributed by atoms with Crippen LogP contribution in [0.15, 0.2) is 44.9 Å². The number of nitrogens with zero attached hydrogens (tertiary/aromatic N) is 1. The summed E-state index contributed by atoms with van der Waals surface area (Å²) in [6.07, 6.45) is 1.79. The van der Waals surface area contributed by atoms with E-state index in [1.165, 1.54) is 0 Å². The molecular weight excluding hydrogens is 341 g/mol. The largest absolute Gasteiger partial charge is 0.248 e. The number of benzene rings is 1. The maximum Gasteiger partial charge on any atom is 0.115 e. The molecule has 0 aliphatic carbocycles. The Morgan fingerprint density at radius 1 is 1.18 bits per heavy atom. The molecule has 0 aliphatic heterocycles. The van der Waals surface area contributed by atoms with Gasteiger partial charge in [0.05, 0.1) is 14.5 Å². The predicted molar refractivity (Wildman–Crippen MR) is 77.3 cm³/mol. The average Bonchev–Trinajstić information content (AvgIpc) is 2.30. The van der Waals surface area contributed by atoms with Crippen LogP contribution < -0.4 is 0 Å². The summed E-state index contributed by atoms with van der Waals surface area (Å²) in [7, 11) is 0. The van der Waals surface area contributed by atoms with Crippen LogP contribution >= 0.6 is 50.9 Å². The van der Waals surface area contributed by atoms with Crippen LogP contribution in [0.5, 0.6) is 0 Å². The van der Waals surface area contributed by atoms with Crippen molar-refractivity contribution in [3.63, 3.8) is 0 Å². The highest BCUT2D eigenvalue weighted by atomic mass is 79.9. The summed E-state index contributed by atoms with van der Waals surface area (Å²) in [6, 6.07) is 7.51. The third-order valence-electron chi connectivity index (χ3n) is 2.16. The molecule has 2 aromatic rings. The second-order valence-corrected chi connectivity index (χ2v) is 6.09. The minimum Gasteiger partial charge on any atom is -0.248 e. The molecule has 0 saturated heterocycles. The van der Waals surface area contributed by atoms with Gasteiger partial charge in [0.25, 0.3) is 0 Å². The predicted octanol–water partition coefficient (Wildman–Crippen LogP) is 5.61. The molecule has 0 atom stereocenters. The summed E-state index contributed by atoms with van der Waals surface area (Å²) in [6.45, 7) is 2.03. The maximum atomic E-state index is 5.97. The lowest BCUT2D eigenvalue weighted by atomic mass is 10.3. The van der Waals surface area contributed by atoms with Crippen molar-refractivity contribution in [2.24, 2.45) is 0 Å². The van der Waals surface area contributed by atoms with E-state index in [1.54, 1.807) is 24.0 Å². The summed E-state index contributed by atoms with van der Waals surface area (Å²) in [4.78, 5) is 5.34. The van der Waals surface area contributed by atoms with E-state index in [1.807, 2.05) is 25.1 Å². The van der Waals surface area contributed by atoms with Gasteiger partial charge >= 0.3 is 0 Å². The van der Waals surface area contributed by atoms with E-state index in [4.69, 9.17) is 23.2 Å². The Morgan fingerprint density at radius 2 is 1.94 bits per heavy atom. The van der Waals surface area contributed by atoms with Gasteiger partial charge in [-0.2, -0.15) is 0 Å². The molecule has 88 valence electrons. The molecule has 0 aliphatic rings. The van der Waals surface area contributed by atoms with Crippen molar-refractivity contribution in [3.05, 3.63) is 50.5 Å². The van der Waals surface area contributed by atoms with Crippen LogP contribution in [0.2, 0.25) is 10.0 Å². The highest BCUT2D eigenvalue weighted by molar-refractivity contribution is 9.10. The zero-order valence-electron chi connectivity index (χ0n) is 8.88. The second kappa shape index (κ2) is 5.61.